The predicted octanol–water partition coefficient (Wildman–Crippen LogP) is 3.15. The molecule has 8 nitrogen and oxygen atoms in total. The fourth-order valence-electron chi connectivity index (χ4n) is 3.20. The zero-order valence-corrected chi connectivity index (χ0v) is 21.5. The number of hydrogen-bond donors (Lipinski definition) is 2. The Kier molecular flexibility index (Phi) is 12.3. The van der Waals surface area contributed by atoms with E-state index in [0.29, 0.717) is 19.5 Å². The van der Waals surface area contributed by atoms with Crippen molar-refractivity contribution in [1.29, 1.82) is 0 Å². The first-order chi connectivity index (χ1) is 14.8. The second-order valence-electron chi connectivity index (χ2n) is 8.32. The third kappa shape index (κ3) is 10.7. The fraction of sp³-hybridized carbons (Fsp3) is 0.762. The number of hydrazine groups is 1. The van der Waals surface area contributed by atoms with Gasteiger partial charge in [0.15, 0.2) is 6.10 Å². The molecule has 1 aliphatic rings. The summed E-state index contributed by atoms with van der Waals surface area (Å²) in [5.74, 6) is -1.92. The average molecular weight is 515 g/mol. The zero-order valence-electron chi connectivity index (χ0n) is 19.2. The van der Waals surface area contributed by atoms with Crippen LogP contribution < -0.4 is 10.7 Å². The quantitative estimate of drug-likeness (QED) is 0.263. The Morgan fingerprint density at radius 1 is 1.22 bits per heavy atom. The average Bonchev–Trinajstić information content (AvgIpc) is 2.69. The van der Waals surface area contributed by atoms with Gasteiger partial charge in [0.2, 0.25) is 3.79 Å². The van der Waals surface area contributed by atoms with Gasteiger partial charge in [0.05, 0.1) is 5.92 Å². The maximum absolute atomic E-state index is 12.7. The van der Waals surface area contributed by atoms with Gasteiger partial charge in [-0.25, -0.2) is 10.4 Å². The topological polar surface area (TPSA) is 97.0 Å². The van der Waals surface area contributed by atoms with Crippen LogP contribution >= 0.6 is 34.8 Å². The van der Waals surface area contributed by atoms with Crippen molar-refractivity contribution >= 4 is 52.6 Å². The van der Waals surface area contributed by atoms with Crippen molar-refractivity contribution in [2.24, 2.45) is 11.8 Å². The van der Waals surface area contributed by atoms with Gasteiger partial charge in [-0.05, 0) is 39.5 Å². The zero-order chi connectivity index (χ0) is 24.5. The molecule has 11 heteroatoms. The molecule has 0 bridgehead atoms. The van der Waals surface area contributed by atoms with Crippen molar-refractivity contribution in [3.05, 3.63) is 12.2 Å². The molecule has 1 saturated heterocycles. The molecule has 184 valence electrons. The number of halogens is 3. The van der Waals surface area contributed by atoms with E-state index in [1.807, 2.05) is 32.7 Å². The molecule has 0 radical (unpaired) electrons. The number of nitrogens with one attached hydrogen (secondary N) is 2. The van der Waals surface area contributed by atoms with Gasteiger partial charge in [-0.1, -0.05) is 60.8 Å². The molecule has 4 unspecified atom stereocenters. The largest absolute Gasteiger partial charge is 0.460 e. The van der Waals surface area contributed by atoms with Gasteiger partial charge in [-0.2, -0.15) is 0 Å². The smallest absolute Gasteiger partial charge is 0.324 e. The van der Waals surface area contributed by atoms with Crippen LogP contribution in [0, 0.1) is 11.8 Å². The first-order valence-electron chi connectivity index (χ1n) is 10.7. The summed E-state index contributed by atoms with van der Waals surface area (Å²) in [6, 6.07) is -0.824. The highest BCUT2D eigenvalue weighted by atomic mass is 35.6. The van der Waals surface area contributed by atoms with Gasteiger partial charge < -0.3 is 14.8 Å². The number of carbonyl (C=O) groups is 3. The SMILES string of the molecule is CC=CC(C)C(=O)OC(C(=O)NC(C)CN1CCCC(C(=O)OCC(Cl)(Cl)Cl)N1)C(C)C. The van der Waals surface area contributed by atoms with E-state index in [9.17, 15) is 14.4 Å². The molecule has 1 amide bonds. The molecule has 1 fully saturated rings. The number of amides is 1. The number of nitrogens with zero attached hydrogens (tertiary/aromatic N) is 1. The Morgan fingerprint density at radius 2 is 1.88 bits per heavy atom. The monoisotopic (exact) mass is 513 g/mol. The van der Waals surface area contributed by atoms with Crippen LogP contribution in [0.3, 0.4) is 0 Å². The summed E-state index contributed by atoms with van der Waals surface area (Å²) < 4.78 is 8.84. The van der Waals surface area contributed by atoms with Crippen LogP contribution in [0.2, 0.25) is 0 Å². The summed E-state index contributed by atoms with van der Waals surface area (Å²) in [7, 11) is 0. The minimum absolute atomic E-state index is 0.186. The van der Waals surface area contributed by atoms with Crippen LogP contribution in [-0.2, 0) is 23.9 Å². The highest BCUT2D eigenvalue weighted by Gasteiger charge is 2.32. The third-order valence-corrected chi connectivity index (χ3v) is 5.09. The lowest BCUT2D eigenvalue weighted by atomic mass is 10.1. The molecule has 0 aliphatic carbocycles. The number of ether oxygens (including phenoxy) is 2. The summed E-state index contributed by atoms with van der Waals surface area (Å²) in [4.78, 5) is 37.2. The van der Waals surface area contributed by atoms with Crippen LogP contribution in [0.25, 0.3) is 0 Å². The minimum Gasteiger partial charge on any atom is -0.460 e. The van der Waals surface area contributed by atoms with E-state index < -0.39 is 33.8 Å². The van der Waals surface area contributed by atoms with Gasteiger partial charge in [-0.3, -0.25) is 14.4 Å². The summed E-state index contributed by atoms with van der Waals surface area (Å²) in [6.07, 6.45) is 3.94. The van der Waals surface area contributed by atoms with E-state index in [-0.39, 0.29) is 24.5 Å². The summed E-state index contributed by atoms with van der Waals surface area (Å²) in [5.41, 5.74) is 3.09. The molecule has 1 aliphatic heterocycles. The third-order valence-electron chi connectivity index (χ3n) is 4.76. The van der Waals surface area contributed by atoms with Gasteiger partial charge in [0, 0.05) is 19.1 Å². The number of allylic oxidation sites excluding steroid dienone is 1. The molecule has 0 aromatic rings. The summed E-state index contributed by atoms with van der Waals surface area (Å²) >= 11 is 16.9. The molecular formula is C21H34Cl3N3O5. The molecule has 1 heterocycles. The van der Waals surface area contributed by atoms with Gasteiger partial charge in [-0.15, -0.1) is 0 Å². The summed E-state index contributed by atoms with van der Waals surface area (Å²) in [5, 5.41) is 4.74. The van der Waals surface area contributed by atoms with Gasteiger partial charge in [0.1, 0.15) is 12.6 Å². The van der Waals surface area contributed by atoms with E-state index in [4.69, 9.17) is 44.3 Å². The standard InChI is InChI=1S/C21H34Cl3N3O5/c1-6-8-14(4)19(29)32-17(13(2)3)18(28)25-15(5)11-27-10-7-9-16(26-27)20(30)31-12-21(22,23)24/h6,8,13-17,26H,7,9-12H2,1-5H3,(H,25,28). The lowest BCUT2D eigenvalue weighted by Gasteiger charge is -2.35. The second kappa shape index (κ2) is 13.6. The normalized spacial score (nSPS) is 20.6. The van der Waals surface area contributed by atoms with Crippen LogP contribution in [0.15, 0.2) is 12.2 Å². The van der Waals surface area contributed by atoms with E-state index in [0.717, 1.165) is 6.42 Å². The highest BCUT2D eigenvalue weighted by molar-refractivity contribution is 6.67. The van der Waals surface area contributed by atoms with E-state index >= 15 is 0 Å². The molecule has 4 atom stereocenters. The van der Waals surface area contributed by atoms with E-state index in [2.05, 4.69) is 10.7 Å². The Hall–Kier alpha value is -1.06. The number of esters is 2. The van der Waals surface area contributed by atoms with E-state index in [1.54, 1.807) is 19.1 Å². The van der Waals surface area contributed by atoms with Crippen LogP contribution in [-0.4, -0.2) is 64.5 Å². The van der Waals surface area contributed by atoms with Crippen LogP contribution in [0.4, 0.5) is 0 Å². The first kappa shape index (κ1) is 29.0. The van der Waals surface area contributed by atoms with Crippen molar-refractivity contribution in [3.8, 4) is 0 Å². The van der Waals surface area contributed by atoms with Crippen molar-refractivity contribution in [1.82, 2.24) is 15.8 Å². The number of hydrogen-bond acceptors (Lipinski definition) is 7. The molecule has 32 heavy (non-hydrogen) atoms. The maximum Gasteiger partial charge on any atom is 0.324 e. The lowest BCUT2D eigenvalue weighted by molar-refractivity contribution is -0.161. The van der Waals surface area contributed by atoms with Gasteiger partial charge >= 0.3 is 11.9 Å². The van der Waals surface area contributed by atoms with Crippen molar-refractivity contribution in [2.75, 3.05) is 19.7 Å². The Morgan fingerprint density at radius 3 is 2.44 bits per heavy atom. The molecule has 0 spiro atoms. The Balaban J connectivity index is 2.59. The van der Waals surface area contributed by atoms with Crippen molar-refractivity contribution in [3.63, 3.8) is 0 Å². The van der Waals surface area contributed by atoms with Crippen molar-refractivity contribution < 1.29 is 23.9 Å². The molecule has 0 aromatic carbocycles. The molecule has 0 aromatic heterocycles. The molecule has 1 rings (SSSR count). The predicted molar refractivity (Wildman–Crippen MR) is 125 cm³/mol. The maximum atomic E-state index is 12.7. The number of rotatable bonds is 10. The van der Waals surface area contributed by atoms with Gasteiger partial charge in [0.25, 0.3) is 5.91 Å². The highest BCUT2D eigenvalue weighted by Crippen LogP contribution is 2.26. The second-order valence-corrected chi connectivity index (χ2v) is 10.8. The number of carbonyl (C=O) groups excluding carboxylic acids is 3. The Bertz CT molecular complexity index is 670. The minimum atomic E-state index is -1.66. The Labute approximate surface area is 205 Å². The molecular weight excluding hydrogens is 481 g/mol. The van der Waals surface area contributed by atoms with Crippen molar-refractivity contribution in [2.45, 2.75) is 69.4 Å². The molecule has 0 saturated carbocycles. The number of alkyl halides is 3. The molecule has 2 N–H and O–H groups in total. The summed E-state index contributed by atoms with van der Waals surface area (Å²) in [6.45, 7) is 9.82. The van der Waals surface area contributed by atoms with Crippen LogP contribution in [0.5, 0.6) is 0 Å². The lowest BCUT2D eigenvalue weighted by Crippen LogP contribution is -2.57. The first-order valence-corrected chi connectivity index (χ1v) is 11.9. The fourth-order valence-corrected chi connectivity index (χ4v) is 3.36. The van der Waals surface area contributed by atoms with Crippen LogP contribution in [0.1, 0.15) is 47.5 Å². The van der Waals surface area contributed by atoms with E-state index in [1.165, 1.54) is 0 Å².